The third-order valence-electron chi connectivity index (χ3n) is 3.17. The van der Waals surface area contributed by atoms with Crippen LogP contribution in [-0.2, 0) is 9.59 Å². The van der Waals surface area contributed by atoms with E-state index in [1.165, 1.54) is 0 Å². The minimum absolute atomic E-state index is 0.0282. The maximum atomic E-state index is 11.8. The van der Waals surface area contributed by atoms with E-state index in [-0.39, 0.29) is 18.4 Å². The molecule has 6 nitrogen and oxygen atoms in total. The summed E-state index contributed by atoms with van der Waals surface area (Å²) in [5, 5.41) is 15.4. The van der Waals surface area contributed by atoms with Gasteiger partial charge in [-0.15, -0.1) is 0 Å². The highest BCUT2D eigenvalue weighted by Crippen LogP contribution is 2.06. The second-order valence-electron chi connectivity index (χ2n) is 4.86. The van der Waals surface area contributed by atoms with Gasteiger partial charge in [0.05, 0.1) is 0 Å². The van der Waals surface area contributed by atoms with Crippen molar-refractivity contribution >= 4 is 11.9 Å². The summed E-state index contributed by atoms with van der Waals surface area (Å²) in [5.74, 6) is -0.760. The van der Waals surface area contributed by atoms with Crippen LogP contribution in [0.3, 0.4) is 0 Å². The molecule has 0 spiro atoms. The number of hydrogen-bond acceptors (Lipinski definition) is 3. The Hall–Kier alpha value is -1.85. The van der Waals surface area contributed by atoms with Crippen molar-refractivity contribution < 1.29 is 14.7 Å². The van der Waals surface area contributed by atoms with Crippen LogP contribution < -0.4 is 5.32 Å². The van der Waals surface area contributed by atoms with Crippen LogP contribution in [0, 0.1) is 0 Å². The molecule has 20 heavy (non-hydrogen) atoms. The van der Waals surface area contributed by atoms with E-state index in [1.807, 2.05) is 6.92 Å². The largest absolute Gasteiger partial charge is 0.481 e. The first kappa shape index (κ1) is 16.2. The van der Waals surface area contributed by atoms with Gasteiger partial charge in [-0.2, -0.15) is 5.10 Å². The van der Waals surface area contributed by atoms with Gasteiger partial charge < -0.3 is 10.4 Å². The SMILES string of the molecule is CC(C(=O)NCCCCCCCC(=O)O)n1cccn1. The quantitative estimate of drug-likeness (QED) is 0.642. The molecule has 1 amide bonds. The van der Waals surface area contributed by atoms with Gasteiger partial charge in [0.2, 0.25) is 5.91 Å². The number of carboxylic acids is 1. The number of rotatable bonds is 10. The Morgan fingerprint density at radius 2 is 1.95 bits per heavy atom. The first-order valence-corrected chi connectivity index (χ1v) is 7.10. The van der Waals surface area contributed by atoms with Gasteiger partial charge in [0.1, 0.15) is 6.04 Å². The van der Waals surface area contributed by atoms with Crippen LogP contribution in [0.2, 0.25) is 0 Å². The molecule has 0 aromatic carbocycles. The van der Waals surface area contributed by atoms with Crippen LogP contribution in [0.25, 0.3) is 0 Å². The lowest BCUT2D eigenvalue weighted by molar-refractivity contribution is -0.137. The van der Waals surface area contributed by atoms with Gasteiger partial charge in [-0.25, -0.2) is 0 Å². The first-order chi connectivity index (χ1) is 9.61. The summed E-state index contributed by atoms with van der Waals surface area (Å²) in [6.45, 7) is 2.47. The van der Waals surface area contributed by atoms with Gasteiger partial charge in [0.15, 0.2) is 0 Å². The predicted octanol–water partition coefficient (Wildman–Crippen LogP) is 1.99. The van der Waals surface area contributed by atoms with E-state index >= 15 is 0 Å². The molecule has 1 aromatic rings. The highest BCUT2D eigenvalue weighted by atomic mass is 16.4. The van der Waals surface area contributed by atoms with Crippen LogP contribution >= 0.6 is 0 Å². The monoisotopic (exact) mass is 281 g/mol. The number of nitrogens with zero attached hydrogens (tertiary/aromatic N) is 2. The number of amides is 1. The Balaban J connectivity index is 2.01. The van der Waals surface area contributed by atoms with E-state index in [1.54, 1.807) is 23.1 Å². The Morgan fingerprint density at radius 1 is 1.25 bits per heavy atom. The zero-order valence-corrected chi connectivity index (χ0v) is 11.9. The summed E-state index contributed by atoms with van der Waals surface area (Å²) >= 11 is 0. The molecule has 0 bridgehead atoms. The Morgan fingerprint density at radius 3 is 2.60 bits per heavy atom. The number of hydrogen-bond donors (Lipinski definition) is 2. The molecule has 0 saturated heterocycles. The van der Waals surface area contributed by atoms with Crippen molar-refractivity contribution in [1.29, 1.82) is 0 Å². The zero-order valence-electron chi connectivity index (χ0n) is 11.9. The van der Waals surface area contributed by atoms with E-state index < -0.39 is 5.97 Å². The Kier molecular flexibility index (Phi) is 7.39. The molecule has 1 heterocycles. The summed E-state index contributed by atoms with van der Waals surface area (Å²) < 4.78 is 1.63. The minimum Gasteiger partial charge on any atom is -0.481 e. The first-order valence-electron chi connectivity index (χ1n) is 7.10. The van der Waals surface area contributed by atoms with Crippen molar-refractivity contribution in [2.24, 2.45) is 0 Å². The van der Waals surface area contributed by atoms with Crippen molar-refractivity contribution in [3.63, 3.8) is 0 Å². The summed E-state index contributed by atoms with van der Waals surface area (Å²) in [5.41, 5.74) is 0. The van der Waals surface area contributed by atoms with Crippen LogP contribution in [0.4, 0.5) is 0 Å². The average Bonchev–Trinajstić information content (AvgIpc) is 2.94. The maximum Gasteiger partial charge on any atom is 0.303 e. The summed E-state index contributed by atoms with van der Waals surface area (Å²) in [7, 11) is 0. The van der Waals surface area contributed by atoms with Gasteiger partial charge in [-0.3, -0.25) is 14.3 Å². The van der Waals surface area contributed by atoms with Crippen LogP contribution in [-0.4, -0.2) is 33.3 Å². The fourth-order valence-corrected chi connectivity index (χ4v) is 1.92. The average molecular weight is 281 g/mol. The number of unbranched alkanes of at least 4 members (excludes halogenated alkanes) is 4. The van der Waals surface area contributed by atoms with E-state index in [4.69, 9.17) is 5.11 Å². The van der Waals surface area contributed by atoms with Gasteiger partial charge in [-0.05, 0) is 25.8 Å². The topological polar surface area (TPSA) is 84.2 Å². The number of aromatic nitrogens is 2. The number of carboxylic acid groups (broad SMARTS) is 1. The molecule has 1 unspecified atom stereocenters. The Bertz CT molecular complexity index is 404. The molecule has 1 aromatic heterocycles. The summed E-state index contributed by atoms with van der Waals surface area (Å²) in [4.78, 5) is 22.1. The molecule has 0 saturated carbocycles. The summed E-state index contributed by atoms with van der Waals surface area (Å²) in [6.07, 6.45) is 8.28. The van der Waals surface area contributed by atoms with Crippen LogP contribution in [0.1, 0.15) is 51.5 Å². The lowest BCUT2D eigenvalue weighted by atomic mass is 10.1. The van der Waals surface area contributed by atoms with E-state index in [9.17, 15) is 9.59 Å². The molecule has 0 aliphatic rings. The van der Waals surface area contributed by atoms with Crippen LogP contribution in [0.5, 0.6) is 0 Å². The standard InChI is InChI=1S/C14H23N3O3/c1-12(17-11-7-10-16-17)14(20)15-9-6-4-2-3-5-8-13(18)19/h7,10-12H,2-6,8-9H2,1H3,(H,15,20)(H,18,19). The highest BCUT2D eigenvalue weighted by Gasteiger charge is 2.13. The molecule has 112 valence electrons. The second-order valence-corrected chi connectivity index (χ2v) is 4.86. The van der Waals surface area contributed by atoms with Crippen molar-refractivity contribution in [2.75, 3.05) is 6.54 Å². The van der Waals surface area contributed by atoms with Crippen molar-refractivity contribution in [1.82, 2.24) is 15.1 Å². The Labute approximate surface area is 119 Å². The molecule has 0 radical (unpaired) electrons. The molecule has 0 aliphatic carbocycles. The highest BCUT2D eigenvalue weighted by molar-refractivity contribution is 5.79. The predicted molar refractivity (Wildman–Crippen MR) is 75.3 cm³/mol. The normalized spacial score (nSPS) is 12.1. The molecular formula is C14H23N3O3. The third-order valence-corrected chi connectivity index (χ3v) is 3.17. The number of carbonyl (C=O) groups is 2. The van der Waals surface area contributed by atoms with Gasteiger partial charge >= 0.3 is 5.97 Å². The van der Waals surface area contributed by atoms with Gasteiger partial charge in [-0.1, -0.05) is 19.3 Å². The molecule has 2 N–H and O–H groups in total. The number of carbonyl (C=O) groups excluding carboxylic acids is 1. The van der Waals surface area contributed by atoms with Gasteiger partial charge in [0.25, 0.3) is 0 Å². The lowest BCUT2D eigenvalue weighted by Gasteiger charge is -2.12. The molecule has 1 rings (SSSR count). The second kappa shape index (κ2) is 9.12. The molecule has 0 fully saturated rings. The van der Waals surface area contributed by atoms with E-state index in [0.717, 1.165) is 32.1 Å². The number of aliphatic carboxylic acids is 1. The lowest BCUT2D eigenvalue weighted by Crippen LogP contribution is -2.31. The number of nitrogens with one attached hydrogen (secondary N) is 1. The van der Waals surface area contributed by atoms with Gasteiger partial charge in [0, 0.05) is 25.4 Å². The molecule has 0 aliphatic heterocycles. The molecular weight excluding hydrogens is 258 g/mol. The molecule has 6 heteroatoms. The summed E-state index contributed by atoms with van der Waals surface area (Å²) in [6, 6.07) is 1.50. The minimum atomic E-state index is -0.732. The third kappa shape index (κ3) is 6.36. The maximum absolute atomic E-state index is 11.8. The molecule has 1 atom stereocenters. The fraction of sp³-hybridized carbons (Fsp3) is 0.643. The van der Waals surface area contributed by atoms with Crippen LogP contribution in [0.15, 0.2) is 18.5 Å². The fourth-order valence-electron chi connectivity index (χ4n) is 1.92. The van der Waals surface area contributed by atoms with Crippen molar-refractivity contribution in [3.8, 4) is 0 Å². The smallest absolute Gasteiger partial charge is 0.303 e. The van der Waals surface area contributed by atoms with Crippen molar-refractivity contribution in [3.05, 3.63) is 18.5 Å². The zero-order chi connectivity index (χ0) is 14.8. The van der Waals surface area contributed by atoms with Crippen molar-refractivity contribution in [2.45, 2.75) is 51.5 Å². The van der Waals surface area contributed by atoms with E-state index in [0.29, 0.717) is 6.54 Å². The van der Waals surface area contributed by atoms with E-state index in [2.05, 4.69) is 10.4 Å².